The summed E-state index contributed by atoms with van der Waals surface area (Å²) in [7, 11) is 0. The molecule has 5 aromatic rings. The second-order valence-electron chi connectivity index (χ2n) is 7.87. The lowest BCUT2D eigenvalue weighted by Crippen LogP contribution is -2.28. The number of nitrogens with one attached hydrogen (secondary N) is 1. The van der Waals surface area contributed by atoms with E-state index in [1.165, 1.54) is 0 Å². The molecule has 0 saturated carbocycles. The Labute approximate surface area is 185 Å². The van der Waals surface area contributed by atoms with Crippen LogP contribution >= 0.6 is 0 Å². The molecule has 3 aromatic carbocycles. The maximum atomic E-state index is 10.7. The molecular formula is C26H24N4O2. The van der Waals surface area contributed by atoms with Crippen LogP contribution in [-0.4, -0.2) is 27.7 Å². The van der Waals surface area contributed by atoms with Crippen LogP contribution < -0.4 is 11.1 Å². The summed E-state index contributed by atoms with van der Waals surface area (Å²) in [4.78, 5) is 9.50. The third kappa shape index (κ3) is 3.76. The van der Waals surface area contributed by atoms with Gasteiger partial charge in [-0.2, -0.15) is 0 Å². The number of furan rings is 1. The zero-order valence-electron chi connectivity index (χ0n) is 17.7. The monoisotopic (exact) mass is 424 g/mol. The van der Waals surface area contributed by atoms with Crippen molar-refractivity contribution in [1.82, 2.24) is 9.97 Å². The fourth-order valence-electron chi connectivity index (χ4n) is 3.74. The molecule has 2 heterocycles. The Morgan fingerprint density at radius 1 is 1.00 bits per heavy atom. The zero-order chi connectivity index (χ0) is 22.1. The number of para-hydroxylation sites is 1. The molecule has 2 aromatic heterocycles. The first-order valence-electron chi connectivity index (χ1n) is 10.7. The second-order valence-corrected chi connectivity index (χ2v) is 7.87. The van der Waals surface area contributed by atoms with Gasteiger partial charge < -0.3 is 20.6 Å². The van der Waals surface area contributed by atoms with Crippen molar-refractivity contribution >= 4 is 27.7 Å². The number of aromatic hydroxyl groups is 1. The lowest BCUT2D eigenvalue weighted by atomic mass is 10.0. The predicted molar refractivity (Wildman–Crippen MR) is 129 cm³/mol. The van der Waals surface area contributed by atoms with Gasteiger partial charge in [0.2, 0.25) is 0 Å². The molecule has 0 unspecified atom stereocenters. The third-order valence-electron chi connectivity index (χ3n) is 5.68. The number of fused-ring (bicyclic) bond motifs is 2. The quantitative estimate of drug-likeness (QED) is 0.330. The lowest BCUT2D eigenvalue weighted by molar-refractivity contribution is 0.477. The van der Waals surface area contributed by atoms with Crippen molar-refractivity contribution < 1.29 is 9.52 Å². The number of rotatable bonds is 6. The van der Waals surface area contributed by atoms with Gasteiger partial charge in [0.05, 0.1) is 17.3 Å². The lowest BCUT2D eigenvalue weighted by Gasteiger charge is -2.14. The smallest absolute Gasteiger partial charge is 0.165 e. The van der Waals surface area contributed by atoms with Gasteiger partial charge in [-0.25, -0.2) is 9.97 Å². The normalized spacial score (nSPS) is 12.3. The number of phenols is 1. The number of benzene rings is 3. The number of nitrogens with two attached hydrogens (primary N) is 1. The van der Waals surface area contributed by atoms with E-state index < -0.39 is 0 Å². The molecule has 0 spiro atoms. The first kappa shape index (κ1) is 20.0. The summed E-state index contributed by atoms with van der Waals surface area (Å²) in [6, 6.07) is 21.3. The van der Waals surface area contributed by atoms with Crippen molar-refractivity contribution in [2.75, 3.05) is 11.9 Å². The molecule has 0 bridgehead atoms. The molecule has 0 saturated heterocycles. The van der Waals surface area contributed by atoms with Crippen molar-refractivity contribution in [1.29, 1.82) is 0 Å². The minimum Gasteiger partial charge on any atom is -0.507 e. The van der Waals surface area contributed by atoms with Crippen molar-refractivity contribution in [3.8, 4) is 28.3 Å². The molecular weight excluding hydrogens is 400 g/mol. The van der Waals surface area contributed by atoms with E-state index in [9.17, 15) is 5.11 Å². The Hall–Kier alpha value is -3.90. The second kappa shape index (κ2) is 8.32. The minimum atomic E-state index is 0.0294. The van der Waals surface area contributed by atoms with Gasteiger partial charge in [0.1, 0.15) is 17.2 Å². The van der Waals surface area contributed by atoms with Crippen molar-refractivity contribution in [2.45, 2.75) is 19.4 Å². The highest BCUT2D eigenvalue weighted by Crippen LogP contribution is 2.35. The van der Waals surface area contributed by atoms with E-state index in [-0.39, 0.29) is 11.8 Å². The highest BCUT2D eigenvalue weighted by atomic mass is 16.3. The van der Waals surface area contributed by atoms with Crippen LogP contribution in [0.4, 0.5) is 5.82 Å². The van der Waals surface area contributed by atoms with E-state index >= 15 is 0 Å². The van der Waals surface area contributed by atoms with Gasteiger partial charge in [0.15, 0.2) is 5.82 Å². The molecule has 0 aliphatic carbocycles. The summed E-state index contributed by atoms with van der Waals surface area (Å²) in [5.41, 5.74) is 10.3. The van der Waals surface area contributed by atoms with E-state index in [1.807, 2.05) is 54.6 Å². The number of aromatic nitrogens is 2. The fraction of sp³-hybridized carbons (Fsp3) is 0.154. The average Bonchev–Trinajstić information content (AvgIpc) is 3.30. The van der Waals surface area contributed by atoms with E-state index in [4.69, 9.17) is 20.1 Å². The largest absolute Gasteiger partial charge is 0.507 e. The Morgan fingerprint density at radius 2 is 1.81 bits per heavy atom. The third-order valence-corrected chi connectivity index (χ3v) is 5.68. The maximum absolute atomic E-state index is 10.7. The highest BCUT2D eigenvalue weighted by Gasteiger charge is 2.14. The molecule has 6 nitrogen and oxygen atoms in total. The molecule has 0 amide bonds. The van der Waals surface area contributed by atoms with E-state index in [2.05, 4.69) is 18.3 Å². The summed E-state index contributed by atoms with van der Waals surface area (Å²) in [6.45, 7) is 2.66. The number of nitrogens with zero attached hydrogens (tertiary/aromatic N) is 2. The van der Waals surface area contributed by atoms with Crippen LogP contribution in [-0.2, 0) is 0 Å². The first-order chi connectivity index (χ1) is 15.6. The number of anilines is 1. The predicted octanol–water partition coefficient (Wildman–Crippen LogP) is 5.56. The number of hydrogen-bond donors (Lipinski definition) is 3. The fourth-order valence-corrected chi connectivity index (χ4v) is 3.74. The van der Waals surface area contributed by atoms with Crippen molar-refractivity contribution in [3.05, 3.63) is 73.0 Å². The molecule has 4 N–H and O–H groups in total. The molecule has 32 heavy (non-hydrogen) atoms. The van der Waals surface area contributed by atoms with Crippen LogP contribution in [0, 0.1) is 0 Å². The Balaban J connectivity index is 1.60. The van der Waals surface area contributed by atoms with Gasteiger partial charge in [-0.3, -0.25) is 0 Å². The molecule has 1 atom stereocenters. The molecule has 0 aliphatic heterocycles. The van der Waals surface area contributed by atoms with Gasteiger partial charge >= 0.3 is 0 Å². The van der Waals surface area contributed by atoms with Gasteiger partial charge in [-0.1, -0.05) is 31.2 Å². The minimum absolute atomic E-state index is 0.0294. The van der Waals surface area contributed by atoms with Crippen molar-refractivity contribution in [3.63, 3.8) is 0 Å². The highest BCUT2D eigenvalue weighted by molar-refractivity contribution is 5.91. The molecule has 6 heteroatoms. The summed E-state index contributed by atoms with van der Waals surface area (Å²) in [5.74, 6) is 1.30. The van der Waals surface area contributed by atoms with Crippen LogP contribution in [0.25, 0.3) is 44.4 Å². The van der Waals surface area contributed by atoms with Crippen LogP contribution in [0.1, 0.15) is 13.3 Å². The van der Waals surface area contributed by atoms with Crippen LogP contribution in [0.15, 0.2) is 77.4 Å². The van der Waals surface area contributed by atoms with Crippen LogP contribution in [0.2, 0.25) is 0 Å². The maximum Gasteiger partial charge on any atom is 0.165 e. The topological polar surface area (TPSA) is 97.2 Å². The number of hydrogen-bond acceptors (Lipinski definition) is 6. The Morgan fingerprint density at radius 3 is 2.69 bits per heavy atom. The van der Waals surface area contributed by atoms with E-state index in [1.54, 1.807) is 12.3 Å². The average molecular weight is 425 g/mol. The first-order valence-corrected chi connectivity index (χ1v) is 10.7. The SMILES string of the molecule is CC[C@H](N)CNc1nc(-c2cc(-c3ccc4occc4c3)ccc2O)nc2ccccc12. The summed E-state index contributed by atoms with van der Waals surface area (Å²) in [5, 5.41) is 16.0. The van der Waals surface area contributed by atoms with Crippen molar-refractivity contribution in [2.24, 2.45) is 5.73 Å². The Bertz CT molecular complexity index is 1410. The molecule has 0 aliphatic rings. The van der Waals surface area contributed by atoms with Gasteiger partial charge in [0, 0.05) is 23.4 Å². The molecule has 160 valence electrons. The summed E-state index contributed by atoms with van der Waals surface area (Å²) >= 11 is 0. The van der Waals surface area contributed by atoms with Crippen LogP contribution in [0.3, 0.4) is 0 Å². The van der Waals surface area contributed by atoms with E-state index in [0.717, 1.165) is 39.4 Å². The molecule has 0 radical (unpaired) electrons. The summed E-state index contributed by atoms with van der Waals surface area (Å²) < 4.78 is 5.45. The molecule has 0 fully saturated rings. The Kier molecular flexibility index (Phi) is 5.21. The van der Waals surface area contributed by atoms with Gasteiger partial charge in [-0.15, -0.1) is 0 Å². The zero-order valence-corrected chi connectivity index (χ0v) is 17.7. The summed E-state index contributed by atoms with van der Waals surface area (Å²) in [6.07, 6.45) is 2.55. The van der Waals surface area contributed by atoms with Gasteiger partial charge in [-0.05, 0) is 60.0 Å². The molecule has 5 rings (SSSR count). The van der Waals surface area contributed by atoms with Gasteiger partial charge in [0.25, 0.3) is 0 Å². The number of phenolic OH excluding ortho intramolecular Hbond substituents is 1. The van der Waals surface area contributed by atoms with Crippen LogP contribution in [0.5, 0.6) is 5.75 Å². The standard InChI is InChI=1S/C26H24N4O2/c1-2-19(27)15-28-25-20-5-3-4-6-22(20)29-26(30-25)21-14-17(7-9-23(21)31)16-8-10-24-18(13-16)11-12-32-24/h3-14,19,31H,2,15,27H2,1H3,(H,28,29,30)/t19-/m0/s1. The van der Waals surface area contributed by atoms with E-state index in [0.29, 0.717) is 23.8 Å².